The van der Waals surface area contributed by atoms with Gasteiger partial charge in [0, 0.05) is 5.02 Å². The molecule has 3 heteroatoms. The van der Waals surface area contributed by atoms with Crippen LogP contribution in [0.5, 0.6) is 0 Å². The minimum Gasteiger partial charge on any atom is -0.330 e. The maximum Gasteiger partial charge on any atom is 0.0441 e. The van der Waals surface area contributed by atoms with Gasteiger partial charge in [0.1, 0.15) is 0 Å². The van der Waals surface area contributed by atoms with E-state index in [2.05, 4.69) is 11.0 Å². The summed E-state index contributed by atoms with van der Waals surface area (Å²) in [4.78, 5) is 2.53. The Kier molecular flexibility index (Phi) is 4.84. The third-order valence-electron chi connectivity index (χ3n) is 3.62. The van der Waals surface area contributed by atoms with Gasteiger partial charge in [-0.2, -0.15) is 0 Å². The van der Waals surface area contributed by atoms with Gasteiger partial charge in [0.25, 0.3) is 0 Å². The molecule has 1 saturated heterocycles. The minimum absolute atomic E-state index is 0.393. The number of nitrogens with two attached hydrogens (primary N) is 1. The van der Waals surface area contributed by atoms with Crippen molar-refractivity contribution in [3.8, 4) is 0 Å². The molecule has 1 aromatic carbocycles. The van der Waals surface area contributed by atoms with E-state index in [0.717, 1.165) is 18.0 Å². The highest BCUT2D eigenvalue weighted by Gasteiger charge is 2.16. The molecule has 2 rings (SSSR count). The van der Waals surface area contributed by atoms with Crippen LogP contribution >= 0.6 is 11.6 Å². The van der Waals surface area contributed by atoms with Crippen molar-refractivity contribution in [1.29, 1.82) is 0 Å². The molecule has 1 atom stereocenters. The van der Waals surface area contributed by atoms with Crippen LogP contribution in [0.4, 0.5) is 0 Å². The summed E-state index contributed by atoms with van der Waals surface area (Å²) in [5.74, 6) is 0.393. The normalized spacial score (nSPS) is 18.5. The van der Waals surface area contributed by atoms with Crippen LogP contribution in [-0.2, 0) is 0 Å². The number of halogens is 1. The van der Waals surface area contributed by atoms with Crippen molar-refractivity contribution in [3.63, 3.8) is 0 Å². The Morgan fingerprint density at radius 2 is 1.94 bits per heavy atom. The second-order valence-electron chi connectivity index (χ2n) is 4.79. The quantitative estimate of drug-likeness (QED) is 0.873. The Hall–Kier alpha value is -0.570. The highest BCUT2D eigenvalue weighted by Crippen LogP contribution is 2.26. The second kappa shape index (κ2) is 6.39. The summed E-state index contributed by atoms with van der Waals surface area (Å²) in [6.07, 6.45) is 3.80. The van der Waals surface area contributed by atoms with Crippen molar-refractivity contribution in [1.82, 2.24) is 4.90 Å². The SMILES string of the molecule is NCC(CCN1CCCC1)c1ccccc1Cl. The summed E-state index contributed by atoms with van der Waals surface area (Å²) in [5.41, 5.74) is 7.09. The largest absolute Gasteiger partial charge is 0.330 e. The maximum absolute atomic E-state index is 6.22. The monoisotopic (exact) mass is 252 g/mol. The van der Waals surface area contributed by atoms with Gasteiger partial charge in [0.05, 0.1) is 0 Å². The minimum atomic E-state index is 0.393. The van der Waals surface area contributed by atoms with Crippen LogP contribution in [0.15, 0.2) is 24.3 Å². The van der Waals surface area contributed by atoms with Gasteiger partial charge in [-0.3, -0.25) is 0 Å². The number of likely N-dealkylation sites (tertiary alicyclic amines) is 1. The molecule has 0 saturated carbocycles. The summed E-state index contributed by atoms with van der Waals surface area (Å²) in [7, 11) is 0. The first-order chi connectivity index (χ1) is 8.31. The Bertz CT molecular complexity index is 348. The van der Waals surface area contributed by atoms with E-state index >= 15 is 0 Å². The van der Waals surface area contributed by atoms with Gasteiger partial charge >= 0.3 is 0 Å². The van der Waals surface area contributed by atoms with E-state index in [1.807, 2.05) is 18.2 Å². The summed E-state index contributed by atoms with van der Waals surface area (Å²) in [6, 6.07) is 8.07. The lowest BCUT2D eigenvalue weighted by Gasteiger charge is -2.21. The zero-order valence-electron chi connectivity index (χ0n) is 10.2. The fourth-order valence-electron chi connectivity index (χ4n) is 2.55. The van der Waals surface area contributed by atoms with Gasteiger partial charge in [-0.25, -0.2) is 0 Å². The van der Waals surface area contributed by atoms with Crippen LogP contribution < -0.4 is 5.73 Å². The van der Waals surface area contributed by atoms with Gasteiger partial charge in [0.2, 0.25) is 0 Å². The van der Waals surface area contributed by atoms with E-state index in [-0.39, 0.29) is 0 Å². The topological polar surface area (TPSA) is 29.3 Å². The van der Waals surface area contributed by atoms with E-state index in [4.69, 9.17) is 17.3 Å². The maximum atomic E-state index is 6.22. The Labute approximate surface area is 109 Å². The Morgan fingerprint density at radius 1 is 1.24 bits per heavy atom. The Balaban J connectivity index is 1.94. The molecule has 0 spiro atoms. The average Bonchev–Trinajstić information content (AvgIpc) is 2.85. The van der Waals surface area contributed by atoms with Gasteiger partial charge in [-0.15, -0.1) is 0 Å². The molecule has 0 bridgehead atoms. The van der Waals surface area contributed by atoms with Crippen LogP contribution in [0.25, 0.3) is 0 Å². The number of hydrogen-bond donors (Lipinski definition) is 1. The van der Waals surface area contributed by atoms with E-state index < -0.39 is 0 Å². The molecule has 0 radical (unpaired) electrons. The molecule has 1 aromatic rings. The summed E-state index contributed by atoms with van der Waals surface area (Å²) < 4.78 is 0. The van der Waals surface area contributed by atoms with E-state index in [1.54, 1.807) is 0 Å². The highest BCUT2D eigenvalue weighted by molar-refractivity contribution is 6.31. The molecule has 1 aliphatic heterocycles. The van der Waals surface area contributed by atoms with Crippen LogP contribution in [0.2, 0.25) is 5.02 Å². The zero-order chi connectivity index (χ0) is 12.1. The third-order valence-corrected chi connectivity index (χ3v) is 3.97. The first kappa shape index (κ1) is 12.9. The van der Waals surface area contributed by atoms with Gasteiger partial charge in [-0.1, -0.05) is 29.8 Å². The number of nitrogens with zero attached hydrogens (tertiary/aromatic N) is 1. The Morgan fingerprint density at radius 3 is 2.59 bits per heavy atom. The fraction of sp³-hybridized carbons (Fsp3) is 0.571. The molecule has 1 heterocycles. The molecule has 2 N–H and O–H groups in total. The summed E-state index contributed by atoms with van der Waals surface area (Å²) in [6.45, 7) is 4.32. The molecule has 94 valence electrons. The molecule has 0 amide bonds. The molecule has 1 aliphatic rings. The van der Waals surface area contributed by atoms with Crippen LogP contribution in [0, 0.1) is 0 Å². The first-order valence-electron chi connectivity index (χ1n) is 6.48. The predicted octanol–water partition coefficient (Wildman–Crippen LogP) is 2.87. The van der Waals surface area contributed by atoms with Gasteiger partial charge in [-0.05, 0) is 63.0 Å². The van der Waals surface area contributed by atoms with E-state index in [9.17, 15) is 0 Å². The van der Waals surface area contributed by atoms with Crippen LogP contribution in [-0.4, -0.2) is 31.1 Å². The van der Waals surface area contributed by atoms with E-state index in [0.29, 0.717) is 12.5 Å². The first-order valence-corrected chi connectivity index (χ1v) is 6.86. The van der Waals surface area contributed by atoms with Crippen molar-refractivity contribution in [2.24, 2.45) is 5.73 Å². The standard InChI is InChI=1S/C14H21ClN2/c15-14-6-2-1-5-13(14)12(11-16)7-10-17-8-3-4-9-17/h1-2,5-6,12H,3-4,7-11,16H2. The van der Waals surface area contributed by atoms with E-state index in [1.165, 1.54) is 31.5 Å². The lowest BCUT2D eigenvalue weighted by molar-refractivity contribution is 0.322. The van der Waals surface area contributed by atoms with Crippen molar-refractivity contribution < 1.29 is 0 Å². The highest BCUT2D eigenvalue weighted by atomic mass is 35.5. The lowest BCUT2D eigenvalue weighted by atomic mass is 9.95. The van der Waals surface area contributed by atoms with Gasteiger partial charge < -0.3 is 10.6 Å². The third kappa shape index (κ3) is 3.44. The average molecular weight is 253 g/mol. The van der Waals surface area contributed by atoms with Crippen molar-refractivity contribution in [2.45, 2.75) is 25.2 Å². The molecule has 1 fully saturated rings. The molecular weight excluding hydrogens is 232 g/mol. The van der Waals surface area contributed by atoms with Crippen molar-refractivity contribution >= 4 is 11.6 Å². The smallest absolute Gasteiger partial charge is 0.0441 e. The molecule has 1 unspecified atom stereocenters. The molecule has 17 heavy (non-hydrogen) atoms. The van der Waals surface area contributed by atoms with Crippen LogP contribution in [0.1, 0.15) is 30.7 Å². The number of hydrogen-bond acceptors (Lipinski definition) is 2. The summed E-state index contributed by atoms with van der Waals surface area (Å²) in [5, 5.41) is 0.851. The van der Waals surface area contributed by atoms with Gasteiger partial charge in [0.15, 0.2) is 0 Å². The molecule has 0 aromatic heterocycles. The lowest BCUT2D eigenvalue weighted by Crippen LogP contribution is -2.24. The zero-order valence-corrected chi connectivity index (χ0v) is 11.0. The molecular formula is C14H21ClN2. The number of rotatable bonds is 5. The predicted molar refractivity (Wildman–Crippen MR) is 73.5 cm³/mol. The molecule has 2 nitrogen and oxygen atoms in total. The second-order valence-corrected chi connectivity index (χ2v) is 5.20. The number of benzene rings is 1. The van der Waals surface area contributed by atoms with Crippen molar-refractivity contribution in [3.05, 3.63) is 34.9 Å². The fourth-order valence-corrected chi connectivity index (χ4v) is 2.84. The molecule has 0 aliphatic carbocycles. The van der Waals surface area contributed by atoms with Crippen molar-refractivity contribution in [2.75, 3.05) is 26.2 Å². The summed E-state index contributed by atoms with van der Waals surface area (Å²) >= 11 is 6.22. The van der Waals surface area contributed by atoms with Crippen LogP contribution in [0.3, 0.4) is 0 Å².